The number of carbonyl (C=O) groups excluding carboxylic acids is 2. The largest absolute Gasteiger partial charge is 0.350 e. The summed E-state index contributed by atoms with van der Waals surface area (Å²) in [5.74, 6) is 1.59. The molecule has 0 aliphatic carbocycles. The minimum absolute atomic E-state index is 0.0304. The van der Waals surface area contributed by atoms with E-state index in [4.69, 9.17) is 11.6 Å². The van der Waals surface area contributed by atoms with Crippen LogP contribution in [0.15, 0.2) is 54.6 Å². The van der Waals surface area contributed by atoms with Gasteiger partial charge in [-0.2, -0.15) is 16.9 Å². The summed E-state index contributed by atoms with van der Waals surface area (Å²) >= 11 is 7.88. The molecule has 0 radical (unpaired) electrons. The first-order valence-corrected chi connectivity index (χ1v) is 10.7. The van der Waals surface area contributed by atoms with E-state index >= 15 is 0 Å². The predicted octanol–water partition coefficient (Wildman–Crippen LogP) is 3.85. The summed E-state index contributed by atoms with van der Waals surface area (Å²) in [4.78, 5) is 25.2. The van der Waals surface area contributed by atoms with Crippen LogP contribution in [0.3, 0.4) is 0 Å². The molecule has 2 heterocycles. The summed E-state index contributed by atoms with van der Waals surface area (Å²) in [5, 5.41) is 10.7. The lowest BCUT2D eigenvalue weighted by atomic mass is 10.2. The number of aromatic nitrogens is 2. The minimum atomic E-state index is -0.318. The third kappa shape index (κ3) is 4.46. The third-order valence-electron chi connectivity index (χ3n) is 4.60. The van der Waals surface area contributed by atoms with E-state index in [1.54, 1.807) is 40.7 Å². The molecule has 1 aliphatic heterocycles. The summed E-state index contributed by atoms with van der Waals surface area (Å²) in [6.07, 6.45) is 0. The number of thioether (sulfide) groups is 1. The van der Waals surface area contributed by atoms with Crippen molar-refractivity contribution < 1.29 is 9.59 Å². The molecule has 8 heteroatoms. The first-order valence-electron chi connectivity index (χ1n) is 9.14. The quantitative estimate of drug-likeness (QED) is 0.627. The minimum Gasteiger partial charge on any atom is -0.350 e. The second-order valence-corrected chi connectivity index (χ2v) is 8.01. The van der Waals surface area contributed by atoms with Crippen molar-refractivity contribution in [1.82, 2.24) is 15.1 Å². The monoisotopic (exact) mass is 426 g/mol. The third-order valence-corrected chi connectivity index (χ3v) is 5.90. The van der Waals surface area contributed by atoms with Gasteiger partial charge in [-0.15, -0.1) is 0 Å². The van der Waals surface area contributed by atoms with Gasteiger partial charge in [0.05, 0.1) is 16.3 Å². The van der Waals surface area contributed by atoms with Crippen LogP contribution >= 0.6 is 23.4 Å². The highest BCUT2D eigenvalue weighted by molar-refractivity contribution is 7.98. The van der Waals surface area contributed by atoms with Crippen molar-refractivity contribution in [2.45, 2.75) is 24.6 Å². The Bertz CT molecular complexity index is 1050. The van der Waals surface area contributed by atoms with E-state index in [1.807, 2.05) is 30.3 Å². The van der Waals surface area contributed by atoms with E-state index in [0.29, 0.717) is 22.9 Å². The SMILES string of the molecule is O=C(Cn1nc2c(c1NC(=O)c1ccccc1Cl)CSC2)NCc1ccccc1. The smallest absolute Gasteiger partial charge is 0.258 e. The van der Waals surface area contributed by atoms with Crippen LogP contribution < -0.4 is 10.6 Å². The Hall–Kier alpha value is -2.77. The zero-order valence-electron chi connectivity index (χ0n) is 15.5. The molecule has 0 spiro atoms. The van der Waals surface area contributed by atoms with E-state index in [-0.39, 0.29) is 18.4 Å². The van der Waals surface area contributed by atoms with Gasteiger partial charge in [0.25, 0.3) is 5.91 Å². The van der Waals surface area contributed by atoms with Gasteiger partial charge in [-0.05, 0) is 17.7 Å². The highest BCUT2D eigenvalue weighted by Gasteiger charge is 2.25. The van der Waals surface area contributed by atoms with Crippen molar-refractivity contribution >= 4 is 41.0 Å². The molecule has 1 aliphatic rings. The lowest BCUT2D eigenvalue weighted by Gasteiger charge is -2.12. The molecule has 2 amide bonds. The molecule has 0 atom stereocenters. The van der Waals surface area contributed by atoms with E-state index in [2.05, 4.69) is 15.7 Å². The number of carbonyl (C=O) groups is 2. The van der Waals surface area contributed by atoms with Crippen molar-refractivity contribution in [1.29, 1.82) is 0 Å². The molecule has 4 rings (SSSR count). The molecule has 6 nitrogen and oxygen atoms in total. The molecule has 0 bridgehead atoms. The van der Waals surface area contributed by atoms with Crippen LogP contribution in [0.25, 0.3) is 0 Å². The topological polar surface area (TPSA) is 76.0 Å². The zero-order chi connectivity index (χ0) is 20.2. The fraction of sp³-hybridized carbons (Fsp3) is 0.190. The number of halogens is 1. The first-order chi connectivity index (χ1) is 14.1. The van der Waals surface area contributed by atoms with Gasteiger partial charge < -0.3 is 10.6 Å². The van der Waals surface area contributed by atoms with E-state index in [0.717, 1.165) is 28.3 Å². The molecule has 148 valence electrons. The number of nitrogens with one attached hydrogen (secondary N) is 2. The second kappa shape index (κ2) is 8.71. The van der Waals surface area contributed by atoms with Gasteiger partial charge in [-0.1, -0.05) is 54.1 Å². The number of amides is 2. The Morgan fingerprint density at radius 1 is 1.07 bits per heavy atom. The maximum Gasteiger partial charge on any atom is 0.258 e. The molecule has 2 N–H and O–H groups in total. The lowest BCUT2D eigenvalue weighted by Crippen LogP contribution is -2.28. The molecule has 0 saturated carbocycles. The van der Waals surface area contributed by atoms with Gasteiger partial charge in [0.15, 0.2) is 0 Å². The van der Waals surface area contributed by atoms with Gasteiger partial charge in [-0.25, -0.2) is 4.68 Å². The number of benzene rings is 2. The highest BCUT2D eigenvalue weighted by atomic mass is 35.5. The molecule has 0 saturated heterocycles. The van der Waals surface area contributed by atoms with Gasteiger partial charge in [-0.3, -0.25) is 9.59 Å². The number of fused-ring (bicyclic) bond motifs is 1. The zero-order valence-corrected chi connectivity index (χ0v) is 17.1. The van der Waals surface area contributed by atoms with Gasteiger partial charge in [0.1, 0.15) is 12.4 Å². The summed E-state index contributed by atoms with van der Waals surface area (Å²) in [5.41, 5.74) is 3.27. The second-order valence-electron chi connectivity index (χ2n) is 6.62. The number of hydrogen-bond donors (Lipinski definition) is 2. The lowest BCUT2D eigenvalue weighted by molar-refractivity contribution is -0.122. The van der Waals surface area contributed by atoms with Crippen LogP contribution in [0.5, 0.6) is 0 Å². The van der Waals surface area contributed by atoms with Gasteiger partial charge in [0.2, 0.25) is 5.91 Å². The molecule has 2 aromatic carbocycles. The molecule has 29 heavy (non-hydrogen) atoms. The molecule has 1 aromatic heterocycles. The van der Waals surface area contributed by atoms with Crippen LogP contribution in [0.2, 0.25) is 5.02 Å². The van der Waals surface area contributed by atoms with E-state index in [9.17, 15) is 9.59 Å². The van der Waals surface area contributed by atoms with Gasteiger partial charge >= 0.3 is 0 Å². The maximum atomic E-state index is 12.7. The van der Waals surface area contributed by atoms with Crippen LogP contribution in [0, 0.1) is 0 Å². The van der Waals surface area contributed by atoms with E-state index in [1.165, 1.54) is 0 Å². The molecule has 3 aromatic rings. The average Bonchev–Trinajstić information content (AvgIpc) is 3.30. The van der Waals surface area contributed by atoms with E-state index < -0.39 is 0 Å². The number of rotatable bonds is 6. The Morgan fingerprint density at radius 2 is 1.83 bits per heavy atom. The van der Waals surface area contributed by atoms with Crippen molar-refractivity contribution in [3.63, 3.8) is 0 Å². The first kappa shape index (κ1) is 19.5. The van der Waals surface area contributed by atoms with Crippen LogP contribution in [0.4, 0.5) is 5.82 Å². The average molecular weight is 427 g/mol. The summed E-state index contributed by atoms with van der Waals surface area (Å²) in [6.45, 7) is 0.473. The highest BCUT2D eigenvalue weighted by Crippen LogP contribution is 2.35. The number of hydrogen-bond acceptors (Lipinski definition) is 4. The van der Waals surface area contributed by atoms with Crippen molar-refractivity contribution in [3.8, 4) is 0 Å². The Morgan fingerprint density at radius 3 is 2.62 bits per heavy atom. The van der Waals surface area contributed by atoms with Crippen LogP contribution in [-0.4, -0.2) is 21.6 Å². The predicted molar refractivity (Wildman–Crippen MR) is 115 cm³/mol. The van der Waals surface area contributed by atoms with Crippen molar-refractivity contribution in [2.24, 2.45) is 0 Å². The summed E-state index contributed by atoms with van der Waals surface area (Å²) in [7, 11) is 0. The Kier molecular flexibility index (Phi) is 5.87. The van der Waals surface area contributed by atoms with Gasteiger partial charge in [0, 0.05) is 23.6 Å². The van der Waals surface area contributed by atoms with Crippen molar-refractivity contribution in [3.05, 3.63) is 82.0 Å². The molecule has 0 fully saturated rings. The summed E-state index contributed by atoms with van der Waals surface area (Å²) < 4.78 is 1.57. The van der Waals surface area contributed by atoms with Crippen LogP contribution in [-0.2, 0) is 29.4 Å². The Labute approximate surface area is 177 Å². The Balaban J connectivity index is 1.50. The fourth-order valence-electron chi connectivity index (χ4n) is 3.13. The maximum absolute atomic E-state index is 12.7. The summed E-state index contributed by atoms with van der Waals surface area (Å²) in [6, 6.07) is 16.6. The fourth-order valence-corrected chi connectivity index (χ4v) is 4.39. The number of nitrogens with zero attached hydrogens (tertiary/aromatic N) is 2. The standard InChI is InChI=1S/C21H19ClN4O2S/c22-17-9-5-4-8-15(17)21(28)24-20-16-12-29-13-18(16)25-26(20)11-19(27)23-10-14-6-2-1-3-7-14/h1-9H,10-13H2,(H,23,27)(H,24,28). The van der Waals surface area contributed by atoms with Crippen molar-refractivity contribution in [2.75, 3.05) is 5.32 Å². The molecule has 0 unspecified atom stereocenters. The normalized spacial score (nSPS) is 12.4. The number of anilines is 1. The molecular weight excluding hydrogens is 408 g/mol. The van der Waals surface area contributed by atoms with Crippen LogP contribution in [0.1, 0.15) is 27.2 Å². The molecular formula is C21H19ClN4O2S.